The summed E-state index contributed by atoms with van der Waals surface area (Å²) in [6.45, 7) is 2.15. The maximum absolute atomic E-state index is 12.1. The molecule has 2 rings (SSSR count). The number of amides is 2. The van der Waals surface area contributed by atoms with Gasteiger partial charge in [0.15, 0.2) is 0 Å². The van der Waals surface area contributed by atoms with Crippen molar-refractivity contribution in [3.8, 4) is 0 Å². The maximum atomic E-state index is 12.1. The van der Waals surface area contributed by atoms with E-state index in [1.807, 2.05) is 0 Å². The summed E-state index contributed by atoms with van der Waals surface area (Å²) in [5.74, 6) is -0.432. The Balaban J connectivity index is 1.78. The van der Waals surface area contributed by atoms with Crippen molar-refractivity contribution in [2.75, 3.05) is 5.32 Å². The minimum atomic E-state index is -0.484. The Labute approximate surface area is 175 Å². The fourth-order valence-corrected chi connectivity index (χ4v) is 2.73. The maximum Gasteiger partial charge on any atom is 0.271 e. The van der Waals surface area contributed by atoms with E-state index in [0.29, 0.717) is 23.2 Å². The van der Waals surface area contributed by atoms with E-state index in [1.165, 1.54) is 43.3 Å². The summed E-state index contributed by atoms with van der Waals surface area (Å²) in [7, 11) is 0. The van der Waals surface area contributed by atoms with Crippen molar-refractivity contribution in [2.45, 2.75) is 45.4 Å². The Bertz CT molecular complexity index is 877. The number of carbonyl (C=O) groups is 2. The lowest BCUT2D eigenvalue weighted by molar-refractivity contribution is -0.384. The van der Waals surface area contributed by atoms with Crippen LogP contribution in [0.2, 0.25) is 0 Å². The molecular formula is C22H26N4O4. The predicted octanol–water partition coefficient (Wildman–Crippen LogP) is 4.66. The molecule has 8 nitrogen and oxygen atoms in total. The molecule has 2 N–H and O–H groups in total. The van der Waals surface area contributed by atoms with Crippen LogP contribution in [0.15, 0.2) is 53.6 Å². The number of carbonyl (C=O) groups excluding carboxylic acids is 2. The zero-order valence-corrected chi connectivity index (χ0v) is 17.0. The van der Waals surface area contributed by atoms with Crippen LogP contribution in [0.4, 0.5) is 11.4 Å². The van der Waals surface area contributed by atoms with Gasteiger partial charge >= 0.3 is 0 Å². The van der Waals surface area contributed by atoms with Gasteiger partial charge in [-0.15, -0.1) is 0 Å². The monoisotopic (exact) mass is 410 g/mol. The molecule has 0 saturated carbocycles. The van der Waals surface area contributed by atoms with Crippen LogP contribution in [-0.2, 0) is 4.79 Å². The first-order valence-corrected chi connectivity index (χ1v) is 9.97. The van der Waals surface area contributed by atoms with Crippen molar-refractivity contribution in [1.82, 2.24) is 5.43 Å². The number of hydrazone groups is 1. The highest BCUT2D eigenvalue weighted by Crippen LogP contribution is 2.12. The zero-order valence-electron chi connectivity index (χ0n) is 17.0. The highest BCUT2D eigenvalue weighted by Gasteiger charge is 2.07. The second-order valence-corrected chi connectivity index (χ2v) is 6.84. The third kappa shape index (κ3) is 7.83. The van der Waals surface area contributed by atoms with Crippen molar-refractivity contribution >= 4 is 29.4 Å². The average molecular weight is 410 g/mol. The molecule has 0 spiro atoms. The van der Waals surface area contributed by atoms with E-state index >= 15 is 0 Å². The fourth-order valence-electron chi connectivity index (χ4n) is 2.73. The lowest BCUT2D eigenvalue weighted by Gasteiger charge is -2.06. The molecule has 0 heterocycles. The SMILES string of the molecule is CCCCCCCC(=O)Nc1ccc(C(=O)N/N=C\c2ccc([N+](=O)[O-])cc2)cc1. The molecule has 2 amide bonds. The van der Waals surface area contributed by atoms with E-state index in [2.05, 4.69) is 22.8 Å². The second-order valence-electron chi connectivity index (χ2n) is 6.84. The van der Waals surface area contributed by atoms with Gasteiger partial charge in [-0.3, -0.25) is 19.7 Å². The first-order valence-electron chi connectivity index (χ1n) is 9.97. The largest absolute Gasteiger partial charge is 0.326 e. The van der Waals surface area contributed by atoms with Crippen LogP contribution in [0.3, 0.4) is 0 Å². The summed E-state index contributed by atoms with van der Waals surface area (Å²) < 4.78 is 0. The number of anilines is 1. The van der Waals surface area contributed by atoms with Gasteiger partial charge in [0, 0.05) is 29.8 Å². The minimum absolute atomic E-state index is 0.0140. The van der Waals surface area contributed by atoms with Gasteiger partial charge in [-0.2, -0.15) is 5.10 Å². The number of hydrogen-bond donors (Lipinski definition) is 2. The first kappa shape index (κ1) is 22.7. The lowest BCUT2D eigenvalue weighted by Crippen LogP contribution is -2.17. The molecule has 0 aliphatic heterocycles. The second kappa shape index (κ2) is 12.1. The molecule has 158 valence electrons. The average Bonchev–Trinajstić information content (AvgIpc) is 2.74. The lowest BCUT2D eigenvalue weighted by atomic mass is 10.1. The number of nitrogens with one attached hydrogen (secondary N) is 2. The van der Waals surface area contributed by atoms with Gasteiger partial charge in [0.25, 0.3) is 11.6 Å². The molecule has 30 heavy (non-hydrogen) atoms. The van der Waals surface area contributed by atoms with Gasteiger partial charge in [0.2, 0.25) is 5.91 Å². The van der Waals surface area contributed by atoms with Crippen LogP contribution in [-0.4, -0.2) is 23.0 Å². The Morgan fingerprint density at radius 3 is 2.30 bits per heavy atom. The molecule has 2 aromatic rings. The molecule has 0 aromatic heterocycles. The summed E-state index contributed by atoms with van der Waals surface area (Å²) in [5.41, 5.74) is 4.04. The van der Waals surface area contributed by atoms with E-state index in [9.17, 15) is 19.7 Å². The normalized spacial score (nSPS) is 10.7. The molecule has 2 aromatic carbocycles. The van der Waals surface area contributed by atoms with E-state index in [4.69, 9.17) is 0 Å². The highest BCUT2D eigenvalue weighted by atomic mass is 16.6. The van der Waals surface area contributed by atoms with E-state index in [0.717, 1.165) is 19.3 Å². The number of nitrogens with zero attached hydrogens (tertiary/aromatic N) is 2. The van der Waals surface area contributed by atoms with Crippen molar-refractivity contribution in [2.24, 2.45) is 5.10 Å². The van der Waals surface area contributed by atoms with Crippen LogP contribution < -0.4 is 10.7 Å². The smallest absolute Gasteiger partial charge is 0.271 e. The van der Waals surface area contributed by atoms with Gasteiger partial charge in [-0.05, 0) is 48.4 Å². The first-order chi connectivity index (χ1) is 14.5. The third-order valence-electron chi connectivity index (χ3n) is 4.42. The Morgan fingerprint density at radius 1 is 1.00 bits per heavy atom. The highest BCUT2D eigenvalue weighted by molar-refractivity contribution is 5.96. The van der Waals surface area contributed by atoms with E-state index in [1.54, 1.807) is 24.3 Å². The van der Waals surface area contributed by atoms with Crippen molar-refractivity contribution in [3.63, 3.8) is 0 Å². The van der Waals surface area contributed by atoms with Crippen molar-refractivity contribution < 1.29 is 14.5 Å². The summed E-state index contributed by atoms with van der Waals surface area (Å²) in [6.07, 6.45) is 7.34. The Kier molecular flexibility index (Phi) is 9.18. The van der Waals surface area contributed by atoms with E-state index < -0.39 is 10.8 Å². The molecule has 0 fully saturated rings. The van der Waals surface area contributed by atoms with Gasteiger partial charge in [0.05, 0.1) is 11.1 Å². The molecular weight excluding hydrogens is 384 g/mol. The van der Waals surface area contributed by atoms with Crippen LogP contribution in [0.5, 0.6) is 0 Å². The van der Waals surface area contributed by atoms with Gasteiger partial charge in [-0.1, -0.05) is 32.6 Å². The quantitative estimate of drug-likeness (QED) is 0.243. The predicted molar refractivity (Wildman–Crippen MR) is 117 cm³/mol. The number of non-ortho nitro benzene ring substituents is 1. The number of nitro groups is 1. The molecule has 0 saturated heterocycles. The molecule has 8 heteroatoms. The summed E-state index contributed by atoms with van der Waals surface area (Å²) in [6, 6.07) is 12.3. The summed E-state index contributed by atoms with van der Waals surface area (Å²) >= 11 is 0. The van der Waals surface area contributed by atoms with Crippen LogP contribution in [0.25, 0.3) is 0 Å². The van der Waals surface area contributed by atoms with Gasteiger partial charge < -0.3 is 5.32 Å². The molecule has 0 unspecified atom stereocenters. The molecule has 0 aliphatic carbocycles. The molecule has 0 radical (unpaired) electrons. The topological polar surface area (TPSA) is 114 Å². The Morgan fingerprint density at radius 2 is 1.67 bits per heavy atom. The van der Waals surface area contributed by atoms with E-state index in [-0.39, 0.29) is 11.6 Å². The van der Waals surface area contributed by atoms with Crippen LogP contribution in [0, 0.1) is 10.1 Å². The molecule has 0 aliphatic rings. The third-order valence-corrected chi connectivity index (χ3v) is 4.42. The number of unbranched alkanes of at least 4 members (excludes halogenated alkanes) is 4. The minimum Gasteiger partial charge on any atom is -0.326 e. The number of hydrogen-bond acceptors (Lipinski definition) is 5. The van der Waals surface area contributed by atoms with Crippen LogP contribution in [0.1, 0.15) is 61.4 Å². The number of benzene rings is 2. The fraction of sp³-hybridized carbons (Fsp3) is 0.318. The van der Waals surface area contributed by atoms with Gasteiger partial charge in [0.1, 0.15) is 0 Å². The summed E-state index contributed by atoms with van der Waals surface area (Å²) in [5, 5.41) is 17.3. The number of rotatable bonds is 11. The van der Waals surface area contributed by atoms with Crippen molar-refractivity contribution in [3.05, 3.63) is 69.8 Å². The van der Waals surface area contributed by atoms with Gasteiger partial charge in [-0.25, -0.2) is 5.43 Å². The number of nitro benzene ring substituents is 1. The molecule has 0 atom stereocenters. The zero-order chi connectivity index (χ0) is 21.8. The standard InChI is InChI=1S/C22H26N4O4/c1-2-3-4-5-6-7-21(27)24-19-12-10-18(11-13-19)22(28)25-23-16-17-8-14-20(15-9-17)26(29)30/h8-16H,2-7H2,1H3,(H,24,27)(H,25,28)/b23-16-. The summed E-state index contributed by atoms with van der Waals surface area (Å²) in [4.78, 5) is 34.2. The van der Waals surface area contributed by atoms with Crippen molar-refractivity contribution in [1.29, 1.82) is 0 Å². The van der Waals surface area contributed by atoms with Crippen LogP contribution >= 0.6 is 0 Å². The Hall–Kier alpha value is -3.55. The molecule has 0 bridgehead atoms.